The number of hydrogen-bond acceptors (Lipinski definition) is 7. The van der Waals surface area contributed by atoms with Crippen LogP contribution < -0.4 is 0 Å². The lowest BCUT2D eigenvalue weighted by Gasteiger charge is -2.08. The lowest BCUT2D eigenvalue weighted by atomic mass is 10.2. The van der Waals surface area contributed by atoms with Crippen LogP contribution in [0.3, 0.4) is 0 Å². The van der Waals surface area contributed by atoms with E-state index < -0.39 is 5.97 Å². The van der Waals surface area contributed by atoms with Crippen molar-refractivity contribution in [1.82, 2.24) is 0 Å². The van der Waals surface area contributed by atoms with Crippen molar-refractivity contribution in [3.8, 4) is 0 Å². The van der Waals surface area contributed by atoms with Gasteiger partial charge in [-0.3, -0.25) is 0 Å². The van der Waals surface area contributed by atoms with Gasteiger partial charge in [0.05, 0.1) is 70.0 Å². The van der Waals surface area contributed by atoms with Crippen LogP contribution in [0.1, 0.15) is 10.4 Å². The smallest absolute Gasteiger partial charge is 0.339 e. The van der Waals surface area contributed by atoms with Crippen molar-refractivity contribution in [3.63, 3.8) is 0 Å². The molecule has 0 heterocycles. The van der Waals surface area contributed by atoms with Crippen molar-refractivity contribution in [2.45, 2.75) is 0 Å². The number of rotatable bonds is 16. The van der Waals surface area contributed by atoms with E-state index in [1.165, 1.54) is 6.07 Å². The van der Waals surface area contributed by atoms with E-state index in [9.17, 15) is 4.79 Å². The van der Waals surface area contributed by atoms with Gasteiger partial charge in [-0.2, -0.15) is 0 Å². The SMILES string of the molecule is COCCOCCOCCOCCOCCOC(=O)c1cc(Cl)ccc1Cl. The molecule has 0 atom stereocenters. The Kier molecular flexibility index (Phi) is 14.3. The minimum atomic E-state index is -0.536. The predicted octanol–water partition coefficient (Wildman–Crippen LogP) is 2.86. The van der Waals surface area contributed by atoms with E-state index in [-0.39, 0.29) is 18.8 Å². The Morgan fingerprint density at radius 1 is 0.778 bits per heavy atom. The topological polar surface area (TPSA) is 72.5 Å². The molecular formula is C18H26Cl2O7. The van der Waals surface area contributed by atoms with Crippen molar-refractivity contribution >= 4 is 29.2 Å². The second-order valence-corrected chi connectivity index (χ2v) is 6.05. The number of carbonyl (C=O) groups is 1. The van der Waals surface area contributed by atoms with Crippen LogP contribution in [0.5, 0.6) is 0 Å². The Bertz CT molecular complexity index is 528. The van der Waals surface area contributed by atoms with Crippen LogP contribution in [0.25, 0.3) is 0 Å². The maximum absolute atomic E-state index is 11.9. The molecule has 0 bridgehead atoms. The summed E-state index contributed by atoms with van der Waals surface area (Å²) in [7, 11) is 1.63. The number of methoxy groups -OCH3 is 1. The molecule has 0 aliphatic heterocycles. The minimum absolute atomic E-state index is 0.119. The fourth-order valence-electron chi connectivity index (χ4n) is 1.83. The monoisotopic (exact) mass is 424 g/mol. The summed E-state index contributed by atoms with van der Waals surface area (Å²) in [6.45, 7) is 4.38. The first-order valence-electron chi connectivity index (χ1n) is 8.57. The molecule has 1 aromatic rings. The zero-order valence-electron chi connectivity index (χ0n) is 15.4. The molecule has 0 spiro atoms. The van der Waals surface area contributed by atoms with Gasteiger partial charge in [-0.05, 0) is 18.2 Å². The zero-order chi connectivity index (χ0) is 19.7. The lowest BCUT2D eigenvalue weighted by molar-refractivity contribution is -0.0129. The van der Waals surface area contributed by atoms with Crippen LogP contribution in [-0.2, 0) is 28.4 Å². The lowest BCUT2D eigenvalue weighted by Crippen LogP contribution is -2.15. The van der Waals surface area contributed by atoms with E-state index in [0.717, 1.165) is 0 Å². The van der Waals surface area contributed by atoms with E-state index in [2.05, 4.69) is 0 Å². The second kappa shape index (κ2) is 16.1. The van der Waals surface area contributed by atoms with Crippen molar-refractivity contribution in [2.75, 3.05) is 73.2 Å². The highest BCUT2D eigenvalue weighted by Crippen LogP contribution is 2.21. The predicted molar refractivity (Wildman–Crippen MR) is 102 cm³/mol. The zero-order valence-corrected chi connectivity index (χ0v) is 16.9. The molecule has 9 heteroatoms. The molecule has 27 heavy (non-hydrogen) atoms. The molecule has 0 unspecified atom stereocenters. The van der Waals surface area contributed by atoms with E-state index >= 15 is 0 Å². The Labute approximate surface area is 169 Å². The Morgan fingerprint density at radius 2 is 1.26 bits per heavy atom. The second-order valence-electron chi connectivity index (χ2n) is 5.20. The highest BCUT2D eigenvalue weighted by molar-refractivity contribution is 6.35. The normalized spacial score (nSPS) is 10.9. The number of hydrogen-bond donors (Lipinski definition) is 0. The molecule has 0 saturated carbocycles. The molecule has 0 radical (unpaired) electrons. The first-order chi connectivity index (χ1) is 13.1. The van der Waals surface area contributed by atoms with Crippen molar-refractivity contribution in [1.29, 1.82) is 0 Å². The summed E-state index contributed by atoms with van der Waals surface area (Å²) in [5.41, 5.74) is 0.233. The summed E-state index contributed by atoms with van der Waals surface area (Å²) in [5.74, 6) is -0.536. The molecule has 0 aliphatic rings. The van der Waals surface area contributed by atoms with Gasteiger partial charge in [0.25, 0.3) is 0 Å². The number of carbonyl (C=O) groups excluding carboxylic acids is 1. The van der Waals surface area contributed by atoms with Gasteiger partial charge in [-0.25, -0.2) is 4.79 Å². The summed E-state index contributed by atoms with van der Waals surface area (Å²) < 4.78 is 31.2. The summed E-state index contributed by atoms with van der Waals surface area (Å²) in [6, 6.07) is 4.62. The Morgan fingerprint density at radius 3 is 1.78 bits per heavy atom. The molecule has 0 amide bonds. The third-order valence-corrected chi connectivity index (χ3v) is 3.72. The van der Waals surface area contributed by atoms with Gasteiger partial charge < -0.3 is 28.4 Å². The van der Waals surface area contributed by atoms with Gasteiger partial charge in [0, 0.05) is 12.1 Å². The summed E-state index contributed by atoms with van der Waals surface area (Å²) >= 11 is 11.8. The summed E-state index contributed by atoms with van der Waals surface area (Å²) in [5, 5.41) is 0.713. The molecule has 0 saturated heterocycles. The fourth-order valence-corrected chi connectivity index (χ4v) is 2.20. The average molecular weight is 425 g/mol. The maximum atomic E-state index is 11.9. The molecule has 1 rings (SSSR count). The number of benzene rings is 1. The molecule has 0 aliphatic carbocycles. The summed E-state index contributed by atoms with van der Waals surface area (Å²) in [4.78, 5) is 11.9. The van der Waals surface area contributed by atoms with Gasteiger partial charge in [-0.15, -0.1) is 0 Å². The van der Waals surface area contributed by atoms with Crippen LogP contribution in [0.15, 0.2) is 18.2 Å². The molecular weight excluding hydrogens is 399 g/mol. The Balaban J connectivity index is 1.89. The van der Waals surface area contributed by atoms with E-state index in [0.29, 0.717) is 62.9 Å². The third kappa shape index (κ3) is 12.2. The van der Waals surface area contributed by atoms with Crippen LogP contribution >= 0.6 is 23.2 Å². The number of esters is 1. The highest BCUT2D eigenvalue weighted by Gasteiger charge is 2.12. The van der Waals surface area contributed by atoms with Gasteiger partial charge in [0.2, 0.25) is 0 Å². The van der Waals surface area contributed by atoms with Crippen molar-refractivity contribution < 1.29 is 33.2 Å². The first kappa shape index (κ1) is 24.1. The van der Waals surface area contributed by atoms with E-state index in [1.54, 1.807) is 19.2 Å². The Hall–Kier alpha value is -0.930. The molecule has 0 N–H and O–H groups in total. The van der Waals surface area contributed by atoms with Gasteiger partial charge in [0.1, 0.15) is 6.61 Å². The molecule has 0 aromatic heterocycles. The molecule has 7 nitrogen and oxygen atoms in total. The van der Waals surface area contributed by atoms with Crippen molar-refractivity contribution in [2.24, 2.45) is 0 Å². The standard InChI is InChI=1S/C18H26Cl2O7/c1-22-4-5-23-6-7-24-8-9-25-10-11-26-12-13-27-18(21)16-14-15(19)2-3-17(16)20/h2-3,14H,4-13H2,1H3. The van der Waals surface area contributed by atoms with Gasteiger partial charge >= 0.3 is 5.97 Å². The first-order valence-corrected chi connectivity index (χ1v) is 9.33. The number of ether oxygens (including phenoxy) is 6. The fraction of sp³-hybridized carbons (Fsp3) is 0.611. The quantitative estimate of drug-likeness (QED) is 0.298. The van der Waals surface area contributed by atoms with Gasteiger partial charge in [-0.1, -0.05) is 23.2 Å². The van der Waals surface area contributed by atoms with Gasteiger partial charge in [0.15, 0.2) is 0 Å². The number of halogens is 2. The summed E-state index contributed by atoms with van der Waals surface area (Å²) in [6.07, 6.45) is 0. The largest absolute Gasteiger partial charge is 0.460 e. The highest BCUT2D eigenvalue weighted by atomic mass is 35.5. The van der Waals surface area contributed by atoms with Crippen LogP contribution in [-0.4, -0.2) is 79.1 Å². The van der Waals surface area contributed by atoms with Crippen LogP contribution in [0.4, 0.5) is 0 Å². The average Bonchev–Trinajstić information content (AvgIpc) is 2.66. The molecule has 1 aromatic carbocycles. The maximum Gasteiger partial charge on any atom is 0.339 e. The molecule has 154 valence electrons. The van der Waals surface area contributed by atoms with E-state index in [4.69, 9.17) is 51.6 Å². The minimum Gasteiger partial charge on any atom is -0.460 e. The third-order valence-electron chi connectivity index (χ3n) is 3.16. The van der Waals surface area contributed by atoms with Crippen LogP contribution in [0.2, 0.25) is 10.0 Å². The van der Waals surface area contributed by atoms with Crippen LogP contribution in [0, 0.1) is 0 Å². The van der Waals surface area contributed by atoms with Crippen molar-refractivity contribution in [3.05, 3.63) is 33.8 Å². The van der Waals surface area contributed by atoms with E-state index in [1.807, 2.05) is 0 Å². The molecule has 0 fully saturated rings.